The molecule has 2 aromatic rings. The van der Waals surface area contributed by atoms with Crippen molar-refractivity contribution in [2.75, 3.05) is 25.1 Å². The zero-order chi connectivity index (χ0) is 16.4. The third kappa shape index (κ3) is 2.97. The van der Waals surface area contributed by atoms with Gasteiger partial charge in [-0.2, -0.15) is 0 Å². The molecule has 0 bridgehead atoms. The molecule has 0 spiro atoms. The summed E-state index contributed by atoms with van der Waals surface area (Å²) in [5, 5.41) is 8.99. The summed E-state index contributed by atoms with van der Waals surface area (Å²) in [6.45, 7) is 3.07. The molecule has 1 atom stereocenters. The van der Waals surface area contributed by atoms with E-state index in [2.05, 4.69) is 30.0 Å². The van der Waals surface area contributed by atoms with Crippen LogP contribution < -0.4 is 4.90 Å². The van der Waals surface area contributed by atoms with E-state index in [1.165, 1.54) is 16.2 Å². The molecule has 0 fully saturated rings. The fourth-order valence-electron chi connectivity index (χ4n) is 3.13. The molecule has 1 aromatic carbocycles. The van der Waals surface area contributed by atoms with E-state index in [1.54, 1.807) is 13.3 Å². The normalized spacial score (nSPS) is 16.5. The Balaban J connectivity index is 1.82. The number of likely N-dealkylation sites (N-methyl/N-ethyl adjacent to an activating group) is 1. The number of furan rings is 1. The van der Waals surface area contributed by atoms with Gasteiger partial charge in [-0.15, -0.1) is 0 Å². The highest BCUT2D eigenvalue weighted by Gasteiger charge is 2.28. The highest BCUT2D eigenvalue weighted by Crippen LogP contribution is 2.33. The lowest BCUT2D eigenvalue weighted by molar-refractivity contribution is 0.0734. The largest absolute Gasteiger partial charge is 0.459 e. The minimum atomic E-state index is -0.195. The Morgan fingerprint density at radius 3 is 2.96 bits per heavy atom. The highest BCUT2D eigenvalue weighted by molar-refractivity contribution is 5.92. The predicted molar refractivity (Wildman–Crippen MR) is 88.5 cm³/mol. The number of amides is 1. The van der Waals surface area contributed by atoms with E-state index < -0.39 is 0 Å². The van der Waals surface area contributed by atoms with Crippen LogP contribution in [0.25, 0.3) is 0 Å². The smallest absolute Gasteiger partial charge is 0.289 e. The number of rotatable bonds is 5. The van der Waals surface area contributed by atoms with Crippen molar-refractivity contribution < 1.29 is 14.3 Å². The van der Waals surface area contributed by atoms with Crippen LogP contribution in [0.4, 0.5) is 5.69 Å². The summed E-state index contributed by atoms with van der Waals surface area (Å²) in [6.07, 6.45) is 2.57. The van der Waals surface area contributed by atoms with Gasteiger partial charge < -0.3 is 19.3 Å². The number of carbonyl (C=O) groups excluding carboxylic acids is 1. The Hall–Kier alpha value is -2.27. The number of fused-ring (bicyclic) bond motifs is 1. The number of carbonyl (C=O) groups is 1. The van der Waals surface area contributed by atoms with Crippen LogP contribution in [0.15, 0.2) is 41.0 Å². The minimum absolute atomic E-state index is 0.0607. The summed E-state index contributed by atoms with van der Waals surface area (Å²) in [7, 11) is 1.67. The molecule has 3 rings (SSSR count). The fraction of sp³-hybridized carbons (Fsp3) is 0.389. The first-order valence-electron chi connectivity index (χ1n) is 7.89. The van der Waals surface area contributed by atoms with Crippen LogP contribution in [0, 0.1) is 0 Å². The number of para-hydroxylation sites is 1. The van der Waals surface area contributed by atoms with Crippen LogP contribution in [0.5, 0.6) is 0 Å². The Kier molecular flexibility index (Phi) is 4.39. The Labute approximate surface area is 136 Å². The molecule has 2 heterocycles. The second kappa shape index (κ2) is 6.46. The summed E-state index contributed by atoms with van der Waals surface area (Å²) in [5.74, 6) is 0.164. The number of benzene rings is 1. The van der Waals surface area contributed by atoms with Crippen LogP contribution in [-0.2, 0) is 13.0 Å². The van der Waals surface area contributed by atoms with Crippen molar-refractivity contribution in [3.05, 3.63) is 53.5 Å². The second-order valence-corrected chi connectivity index (χ2v) is 6.04. The van der Waals surface area contributed by atoms with Gasteiger partial charge in [-0.1, -0.05) is 18.2 Å². The van der Waals surface area contributed by atoms with Gasteiger partial charge >= 0.3 is 0 Å². The zero-order valence-corrected chi connectivity index (χ0v) is 13.5. The molecule has 1 N–H and O–H groups in total. The summed E-state index contributed by atoms with van der Waals surface area (Å²) >= 11 is 0. The van der Waals surface area contributed by atoms with Crippen molar-refractivity contribution in [2.24, 2.45) is 0 Å². The molecule has 23 heavy (non-hydrogen) atoms. The van der Waals surface area contributed by atoms with Crippen molar-refractivity contribution in [3.8, 4) is 0 Å². The first-order chi connectivity index (χ1) is 11.1. The minimum Gasteiger partial charge on any atom is -0.459 e. The van der Waals surface area contributed by atoms with Crippen molar-refractivity contribution in [2.45, 2.75) is 25.9 Å². The molecular weight excluding hydrogens is 292 g/mol. The van der Waals surface area contributed by atoms with Crippen molar-refractivity contribution in [1.82, 2.24) is 4.90 Å². The van der Waals surface area contributed by atoms with Gasteiger partial charge in [0.25, 0.3) is 5.91 Å². The maximum Gasteiger partial charge on any atom is 0.289 e. The van der Waals surface area contributed by atoms with Crippen LogP contribution in [0.3, 0.4) is 0 Å². The molecule has 0 radical (unpaired) electrons. The molecule has 1 amide bonds. The number of hydrogen-bond acceptors (Lipinski definition) is 4. The van der Waals surface area contributed by atoms with Crippen LogP contribution in [-0.4, -0.2) is 42.2 Å². The first kappa shape index (κ1) is 15.6. The summed E-state index contributed by atoms with van der Waals surface area (Å²) in [4.78, 5) is 16.2. The molecule has 1 aliphatic rings. The van der Waals surface area contributed by atoms with Crippen LogP contribution >= 0.6 is 0 Å². The van der Waals surface area contributed by atoms with E-state index in [4.69, 9.17) is 9.52 Å². The molecule has 0 aliphatic carbocycles. The topological polar surface area (TPSA) is 56.9 Å². The van der Waals surface area contributed by atoms with Crippen molar-refractivity contribution in [1.29, 1.82) is 0 Å². The number of aliphatic hydroxyl groups is 1. The molecule has 122 valence electrons. The van der Waals surface area contributed by atoms with Gasteiger partial charge in [-0.3, -0.25) is 4.79 Å². The molecule has 0 saturated heterocycles. The summed E-state index contributed by atoms with van der Waals surface area (Å²) < 4.78 is 5.43. The van der Waals surface area contributed by atoms with E-state index >= 15 is 0 Å². The Morgan fingerprint density at radius 1 is 1.39 bits per heavy atom. The average molecular weight is 314 g/mol. The standard InChI is InChI=1S/C18H22N2O3/c1-13-11-14-5-3-4-6-16(14)20(13)12-15-7-10-23-17(15)18(22)19(2)8-9-21/h3-7,10,13,21H,8-9,11-12H2,1-2H3. The number of hydrogen-bond donors (Lipinski definition) is 1. The molecule has 1 aromatic heterocycles. The summed E-state index contributed by atoms with van der Waals surface area (Å²) in [5.41, 5.74) is 3.44. The molecule has 1 aliphatic heterocycles. The fourth-order valence-corrected chi connectivity index (χ4v) is 3.13. The van der Waals surface area contributed by atoms with Crippen LogP contribution in [0.2, 0.25) is 0 Å². The lowest BCUT2D eigenvalue weighted by Gasteiger charge is -2.25. The lowest BCUT2D eigenvalue weighted by atomic mass is 10.1. The lowest BCUT2D eigenvalue weighted by Crippen LogP contribution is -2.32. The SMILES string of the molecule is CC1Cc2ccccc2N1Cc1ccoc1C(=O)N(C)CCO. The van der Waals surface area contributed by atoms with E-state index in [0.717, 1.165) is 12.0 Å². The number of nitrogens with zero attached hydrogens (tertiary/aromatic N) is 2. The van der Waals surface area contributed by atoms with Crippen molar-refractivity contribution >= 4 is 11.6 Å². The molecule has 1 unspecified atom stereocenters. The predicted octanol–water partition coefficient (Wildman–Crippen LogP) is 2.30. The van der Waals surface area contributed by atoms with E-state index in [9.17, 15) is 4.79 Å². The highest BCUT2D eigenvalue weighted by atomic mass is 16.3. The third-order valence-electron chi connectivity index (χ3n) is 4.41. The summed E-state index contributed by atoms with van der Waals surface area (Å²) in [6, 6.07) is 10.6. The first-order valence-corrected chi connectivity index (χ1v) is 7.89. The molecule has 5 heteroatoms. The van der Waals surface area contributed by atoms with Crippen molar-refractivity contribution in [3.63, 3.8) is 0 Å². The zero-order valence-electron chi connectivity index (χ0n) is 13.5. The Morgan fingerprint density at radius 2 is 2.17 bits per heavy atom. The second-order valence-electron chi connectivity index (χ2n) is 6.04. The van der Waals surface area contributed by atoms with Crippen LogP contribution in [0.1, 0.15) is 28.6 Å². The van der Waals surface area contributed by atoms with E-state index in [0.29, 0.717) is 24.9 Å². The van der Waals surface area contributed by atoms with Gasteiger partial charge in [0.15, 0.2) is 5.76 Å². The maximum atomic E-state index is 12.4. The quantitative estimate of drug-likeness (QED) is 0.920. The molecular formula is C18H22N2O3. The van der Waals surface area contributed by atoms with Gasteiger partial charge in [0.2, 0.25) is 0 Å². The monoisotopic (exact) mass is 314 g/mol. The maximum absolute atomic E-state index is 12.4. The third-order valence-corrected chi connectivity index (χ3v) is 4.41. The molecule has 0 saturated carbocycles. The number of aliphatic hydroxyl groups excluding tert-OH is 1. The Bertz CT molecular complexity index is 695. The van der Waals surface area contributed by atoms with Gasteiger partial charge in [-0.25, -0.2) is 0 Å². The average Bonchev–Trinajstić information content (AvgIpc) is 3.12. The van der Waals surface area contributed by atoms with Gasteiger partial charge in [0.05, 0.1) is 12.9 Å². The number of anilines is 1. The van der Waals surface area contributed by atoms with Gasteiger partial charge in [0, 0.05) is 37.4 Å². The van der Waals surface area contributed by atoms with E-state index in [-0.39, 0.29) is 12.5 Å². The molecule has 5 nitrogen and oxygen atoms in total. The van der Waals surface area contributed by atoms with Gasteiger partial charge in [0.1, 0.15) is 0 Å². The van der Waals surface area contributed by atoms with E-state index in [1.807, 2.05) is 12.1 Å². The van der Waals surface area contributed by atoms with Gasteiger partial charge in [-0.05, 0) is 31.0 Å².